The molecule has 2 aromatic rings. The Bertz CT molecular complexity index is 1030. The van der Waals surface area contributed by atoms with Gasteiger partial charge in [-0.1, -0.05) is 50.7 Å². The van der Waals surface area contributed by atoms with Crippen LogP contribution in [0.25, 0.3) is 0 Å². The predicted molar refractivity (Wildman–Crippen MR) is 127 cm³/mol. The number of phenolic OH excluding ortho intramolecular Hbond substituents is 1. The number of aryl methyl sites for hydroxylation is 2. The molecule has 32 heavy (non-hydrogen) atoms. The van der Waals surface area contributed by atoms with Crippen molar-refractivity contribution in [3.63, 3.8) is 0 Å². The van der Waals surface area contributed by atoms with Gasteiger partial charge in [0.25, 0.3) is 0 Å². The van der Waals surface area contributed by atoms with E-state index in [1.807, 2.05) is 38.1 Å². The second-order valence-electron chi connectivity index (χ2n) is 9.74. The van der Waals surface area contributed by atoms with Gasteiger partial charge in [-0.2, -0.15) is 0 Å². The topological polar surface area (TPSA) is 87.0 Å². The van der Waals surface area contributed by atoms with Crippen molar-refractivity contribution >= 4 is 17.7 Å². The van der Waals surface area contributed by atoms with E-state index in [2.05, 4.69) is 20.8 Å². The minimum absolute atomic E-state index is 0.0446. The number of phenols is 1. The van der Waals surface area contributed by atoms with Crippen LogP contribution in [-0.4, -0.2) is 26.9 Å². The molecule has 0 amide bonds. The van der Waals surface area contributed by atoms with E-state index >= 15 is 0 Å². The summed E-state index contributed by atoms with van der Waals surface area (Å²) in [6.45, 7) is 9.96. The first-order valence-electron chi connectivity index (χ1n) is 10.8. The SMILES string of the molecule is Cc1cc(SC2=C(O)CC(C)(CCc3ccc(O)cc3)OC2=O)c(C(C)(C)C)cc1CO. The molecule has 0 saturated carbocycles. The van der Waals surface area contributed by atoms with E-state index in [0.29, 0.717) is 12.8 Å². The third-order valence-corrected chi connectivity index (χ3v) is 7.00. The zero-order chi connectivity index (χ0) is 23.7. The van der Waals surface area contributed by atoms with Crippen molar-refractivity contribution in [3.8, 4) is 5.75 Å². The maximum atomic E-state index is 12.9. The van der Waals surface area contributed by atoms with Gasteiger partial charge in [0.2, 0.25) is 0 Å². The quantitative estimate of drug-likeness (QED) is 0.484. The van der Waals surface area contributed by atoms with Gasteiger partial charge in [-0.15, -0.1) is 0 Å². The Labute approximate surface area is 194 Å². The summed E-state index contributed by atoms with van der Waals surface area (Å²) < 4.78 is 5.81. The molecular weight excluding hydrogens is 424 g/mol. The number of hydrogen-bond donors (Lipinski definition) is 3. The van der Waals surface area contributed by atoms with Crippen LogP contribution in [0.2, 0.25) is 0 Å². The molecular formula is C26H32O5S. The Hall–Kier alpha value is -2.44. The first-order valence-corrected chi connectivity index (χ1v) is 11.6. The number of aromatic hydroxyl groups is 1. The third-order valence-electron chi connectivity index (χ3n) is 5.84. The van der Waals surface area contributed by atoms with Gasteiger partial charge in [-0.05, 0) is 72.6 Å². The van der Waals surface area contributed by atoms with Crippen LogP contribution in [0.5, 0.6) is 5.75 Å². The highest BCUT2D eigenvalue weighted by Crippen LogP contribution is 2.43. The van der Waals surface area contributed by atoms with Crippen molar-refractivity contribution in [2.45, 2.75) is 76.4 Å². The van der Waals surface area contributed by atoms with Crippen LogP contribution in [0, 0.1) is 6.92 Å². The molecule has 1 aliphatic heterocycles. The van der Waals surface area contributed by atoms with E-state index < -0.39 is 11.6 Å². The Balaban J connectivity index is 1.83. The largest absolute Gasteiger partial charge is 0.511 e. The predicted octanol–water partition coefficient (Wildman–Crippen LogP) is 5.69. The zero-order valence-corrected chi connectivity index (χ0v) is 20.2. The Morgan fingerprint density at radius 2 is 1.78 bits per heavy atom. The second kappa shape index (κ2) is 9.20. The number of ether oxygens (including phenoxy) is 1. The molecule has 0 aromatic heterocycles. The Morgan fingerprint density at radius 3 is 2.34 bits per heavy atom. The summed E-state index contributed by atoms with van der Waals surface area (Å²) >= 11 is 1.23. The summed E-state index contributed by atoms with van der Waals surface area (Å²) in [7, 11) is 0. The summed E-state index contributed by atoms with van der Waals surface area (Å²) in [4.78, 5) is 14.0. The van der Waals surface area contributed by atoms with Crippen LogP contribution in [-0.2, 0) is 28.0 Å². The van der Waals surface area contributed by atoms with Crippen LogP contribution in [0.4, 0.5) is 0 Å². The van der Waals surface area contributed by atoms with Crippen molar-refractivity contribution in [2.75, 3.05) is 0 Å². The molecule has 1 heterocycles. The average molecular weight is 457 g/mol. The van der Waals surface area contributed by atoms with Gasteiger partial charge in [-0.3, -0.25) is 0 Å². The number of aliphatic hydroxyl groups excluding tert-OH is 2. The number of esters is 1. The van der Waals surface area contributed by atoms with E-state index in [1.165, 1.54) is 11.8 Å². The smallest absolute Gasteiger partial charge is 0.348 e. The zero-order valence-electron chi connectivity index (χ0n) is 19.4. The number of aliphatic hydroxyl groups is 2. The fraction of sp³-hybridized carbons (Fsp3) is 0.423. The Kier molecular flexibility index (Phi) is 6.96. The normalized spacial score (nSPS) is 19.2. The van der Waals surface area contributed by atoms with Gasteiger partial charge < -0.3 is 20.1 Å². The van der Waals surface area contributed by atoms with Crippen molar-refractivity contribution in [3.05, 3.63) is 69.3 Å². The van der Waals surface area contributed by atoms with E-state index in [1.54, 1.807) is 12.1 Å². The number of carbonyl (C=O) groups excluding carboxylic acids is 1. The molecule has 3 N–H and O–H groups in total. The molecule has 1 aliphatic rings. The molecule has 6 heteroatoms. The maximum Gasteiger partial charge on any atom is 0.348 e. The van der Waals surface area contributed by atoms with Gasteiger partial charge in [0, 0.05) is 11.3 Å². The lowest BCUT2D eigenvalue weighted by atomic mass is 9.85. The number of thioether (sulfide) groups is 1. The highest BCUT2D eigenvalue weighted by molar-refractivity contribution is 8.04. The lowest BCUT2D eigenvalue weighted by molar-refractivity contribution is -0.156. The number of benzene rings is 2. The fourth-order valence-electron chi connectivity index (χ4n) is 3.85. The van der Waals surface area contributed by atoms with E-state index in [4.69, 9.17) is 4.74 Å². The highest BCUT2D eigenvalue weighted by atomic mass is 32.2. The van der Waals surface area contributed by atoms with Crippen molar-refractivity contribution in [1.82, 2.24) is 0 Å². The molecule has 5 nitrogen and oxygen atoms in total. The summed E-state index contributed by atoms with van der Waals surface area (Å²) in [5.74, 6) is -0.262. The van der Waals surface area contributed by atoms with E-state index in [9.17, 15) is 20.1 Å². The maximum absolute atomic E-state index is 12.9. The lowest BCUT2D eigenvalue weighted by Gasteiger charge is -2.34. The van der Waals surface area contributed by atoms with Crippen LogP contribution in [0.1, 0.15) is 62.8 Å². The minimum Gasteiger partial charge on any atom is -0.511 e. The summed E-state index contributed by atoms with van der Waals surface area (Å²) in [6, 6.07) is 10.9. The average Bonchev–Trinajstić information content (AvgIpc) is 2.69. The van der Waals surface area contributed by atoms with Crippen LogP contribution < -0.4 is 0 Å². The summed E-state index contributed by atoms with van der Waals surface area (Å²) in [5.41, 5.74) is 2.82. The lowest BCUT2D eigenvalue weighted by Crippen LogP contribution is -2.37. The van der Waals surface area contributed by atoms with Gasteiger partial charge >= 0.3 is 5.97 Å². The molecule has 1 unspecified atom stereocenters. The molecule has 0 aliphatic carbocycles. The summed E-state index contributed by atoms with van der Waals surface area (Å²) in [5, 5.41) is 29.9. The first-order chi connectivity index (χ1) is 14.9. The number of cyclic esters (lactones) is 1. The van der Waals surface area contributed by atoms with Gasteiger partial charge in [-0.25, -0.2) is 4.79 Å². The van der Waals surface area contributed by atoms with Crippen LogP contribution in [0.3, 0.4) is 0 Å². The molecule has 2 aromatic carbocycles. The van der Waals surface area contributed by atoms with Gasteiger partial charge in [0.05, 0.1) is 6.61 Å². The molecule has 0 radical (unpaired) electrons. The number of rotatable bonds is 6. The third kappa shape index (κ3) is 5.48. The molecule has 3 rings (SSSR count). The van der Waals surface area contributed by atoms with Gasteiger partial charge in [0.1, 0.15) is 22.0 Å². The molecule has 1 atom stereocenters. The Morgan fingerprint density at radius 1 is 1.12 bits per heavy atom. The van der Waals surface area contributed by atoms with Crippen molar-refractivity contribution in [1.29, 1.82) is 0 Å². The number of carbonyl (C=O) groups is 1. The molecule has 0 fully saturated rings. The minimum atomic E-state index is -0.799. The fourth-order valence-corrected chi connectivity index (χ4v) is 5.09. The standard InChI is InChI=1S/C26H32O5S/c1-16-12-22(20(25(2,3)4)13-18(16)15-27)32-23-21(29)14-26(5,31-24(23)30)11-10-17-6-8-19(28)9-7-17/h6-9,12-13,27-29H,10-11,14-15H2,1-5H3. The second-order valence-corrected chi connectivity index (χ2v) is 10.8. The summed E-state index contributed by atoms with van der Waals surface area (Å²) in [6.07, 6.45) is 1.47. The number of hydrogen-bond acceptors (Lipinski definition) is 6. The first kappa shape index (κ1) is 24.2. The van der Waals surface area contributed by atoms with Crippen molar-refractivity contribution < 1.29 is 24.9 Å². The van der Waals surface area contributed by atoms with E-state index in [0.717, 1.165) is 27.1 Å². The van der Waals surface area contributed by atoms with Crippen LogP contribution in [0.15, 0.2) is 52.0 Å². The van der Waals surface area contributed by atoms with Crippen molar-refractivity contribution in [2.24, 2.45) is 0 Å². The molecule has 0 spiro atoms. The monoisotopic (exact) mass is 456 g/mol. The molecule has 0 saturated heterocycles. The highest BCUT2D eigenvalue weighted by Gasteiger charge is 2.39. The van der Waals surface area contributed by atoms with Crippen LogP contribution >= 0.6 is 11.8 Å². The van der Waals surface area contributed by atoms with Gasteiger partial charge in [0.15, 0.2) is 0 Å². The molecule has 0 bridgehead atoms. The van der Waals surface area contributed by atoms with E-state index in [-0.39, 0.29) is 34.9 Å². The molecule has 172 valence electrons.